The molecule has 2 heterocycles. The number of amides is 1. The summed E-state index contributed by atoms with van der Waals surface area (Å²) in [5.74, 6) is -0.101. The number of pyridine rings is 1. The number of rotatable bonds is 3. The summed E-state index contributed by atoms with van der Waals surface area (Å²) in [4.78, 5) is 18.4. The van der Waals surface area contributed by atoms with E-state index in [9.17, 15) is 4.79 Å². The van der Waals surface area contributed by atoms with Crippen LogP contribution in [0.1, 0.15) is 37.0 Å². The van der Waals surface area contributed by atoms with E-state index in [0.29, 0.717) is 16.6 Å². The van der Waals surface area contributed by atoms with Gasteiger partial charge in [0.05, 0.1) is 10.6 Å². The topological polar surface area (TPSA) is 45.2 Å². The number of hydrogen-bond donors (Lipinski definition) is 1. The van der Waals surface area contributed by atoms with E-state index in [1.165, 1.54) is 6.20 Å². The maximum atomic E-state index is 12.1. The molecule has 5 heteroatoms. The summed E-state index contributed by atoms with van der Waals surface area (Å²) in [7, 11) is 0. The molecular weight excluding hydrogens is 262 g/mol. The summed E-state index contributed by atoms with van der Waals surface area (Å²) in [6, 6.07) is 2.47. The van der Waals surface area contributed by atoms with Crippen molar-refractivity contribution >= 4 is 17.5 Å². The normalized spacial score (nSPS) is 17.7. The molecule has 0 aromatic carbocycles. The van der Waals surface area contributed by atoms with Gasteiger partial charge in [-0.3, -0.25) is 9.78 Å². The smallest absolute Gasteiger partial charge is 0.253 e. The van der Waals surface area contributed by atoms with Crippen molar-refractivity contribution in [2.45, 2.75) is 38.8 Å². The van der Waals surface area contributed by atoms with E-state index in [2.05, 4.69) is 29.0 Å². The molecule has 0 radical (unpaired) electrons. The van der Waals surface area contributed by atoms with Gasteiger partial charge in [-0.15, -0.1) is 0 Å². The van der Waals surface area contributed by atoms with Crippen LogP contribution in [-0.2, 0) is 0 Å². The Hall–Kier alpha value is -1.13. The molecule has 0 spiro atoms. The Morgan fingerprint density at radius 3 is 2.74 bits per heavy atom. The summed E-state index contributed by atoms with van der Waals surface area (Å²) >= 11 is 5.97. The van der Waals surface area contributed by atoms with Crippen LogP contribution in [0.3, 0.4) is 0 Å². The van der Waals surface area contributed by atoms with Crippen molar-refractivity contribution in [2.24, 2.45) is 0 Å². The third kappa shape index (κ3) is 3.67. The predicted octanol–water partition coefficient (Wildman–Crippen LogP) is 2.34. The number of nitrogens with zero attached hydrogens (tertiary/aromatic N) is 2. The van der Waals surface area contributed by atoms with Gasteiger partial charge >= 0.3 is 0 Å². The molecule has 0 unspecified atom stereocenters. The first-order chi connectivity index (χ1) is 9.08. The minimum Gasteiger partial charge on any atom is -0.349 e. The van der Waals surface area contributed by atoms with E-state index in [1.807, 2.05) is 0 Å². The zero-order valence-electron chi connectivity index (χ0n) is 11.4. The lowest BCUT2D eigenvalue weighted by atomic mass is 10.0. The zero-order valence-corrected chi connectivity index (χ0v) is 12.2. The van der Waals surface area contributed by atoms with Crippen LogP contribution in [0.25, 0.3) is 0 Å². The number of carbonyl (C=O) groups is 1. The largest absolute Gasteiger partial charge is 0.349 e. The molecule has 2 rings (SSSR count). The molecule has 0 saturated carbocycles. The lowest BCUT2D eigenvalue weighted by Gasteiger charge is -2.34. The molecule has 1 fully saturated rings. The van der Waals surface area contributed by atoms with Gasteiger partial charge in [-0.2, -0.15) is 0 Å². The van der Waals surface area contributed by atoms with Gasteiger partial charge in [-0.1, -0.05) is 11.6 Å². The summed E-state index contributed by atoms with van der Waals surface area (Å²) < 4.78 is 0. The number of halogens is 1. The first kappa shape index (κ1) is 14.3. The molecule has 1 aromatic heterocycles. The van der Waals surface area contributed by atoms with Crippen LogP contribution in [0.5, 0.6) is 0 Å². The summed E-state index contributed by atoms with van der Waals surface area (Å²) in [5, 5.41) is 3.46. The highest BCUT2D eigenvalue weighted by Gasteiger charge is 2.22. The molecule has 0 bridgehead atoms. The van der Waals surface area contributed by atoms with Crippen LogP contribution in [0, 0.1) is 0 Å². The van der Waals surface area contributed by atoms with Crippen LogP contribution in [0.15, 0.2) is 18.5 Å². The molecule has 1 amide bonds. The van der Waals surface area contributed by atoms with Crippen molar-refractivity contribution in [3.05, 3.63) is 29.0 Å². The molecular formula is C14H20ClN3O. The second kappa shape index (κ2) is 6.35. The SMILES string of the molecule is CC(C)N1CCC(NC(=O)c2ccncc2Cl)CC1. The number of carbonyl (C=O) groups excluding carboxylic acids is 1. The lowest BCUT2D eigenvalue weighted by Crippen LogP contribution is -2.46. The van der Waals surface area contributed by atoms with Crippen LogP contribution in [-0.4, -0.2) is 41.0 Å². The second-order valence-corrected chi connectivity index (χ2v) is 5.64. The van der Waals surface area contributed by atoms with Crippen LogP contribution in [0.4, 0.5) is 0 Å². The van der Waals surface area contributed by atoms with Gasteiger partial charge < -0.3 is 10.2 Å². The van der Waals surface area contributed by atoms with Crippen LogP contribution in [0.2, 0.25) is 5.02 Å². The molecule has 0 aliphatic carbocycles. The minimum atomic E-state index is -0.101. The molecule has 4 nitrogen and oxygen atoms in total. The zero-order chi connectivity index (χ0) is 13.8. The number of likely N-dealkylation sites (tertiary alicyclic amines) is 1. The van der Waals surface area contributed by atoms with Crippen molar-refractivity contribution in [3.8, 4) is 0 Å². The van der Waals surface area contributed by atoms with E-state index in [0.717, 1.165) is 25.9 Å². The summed E-state index contributed by atoms with van der Waals surface area (Å²) in [6.45, 7) is 6.48. The molecule has 1 N–H and O–H groups in total. The quantitative estimate of drug-likeness (QED) is 0.925. The highest BCUT2D eigenvalue weighted by atomic mass is 35.5. The molecule has 104 valence electrons. The first-order valence-corrected chi connectivity index (χ1v) is 7.10. The Bertz CT molecular complexity index is 442. The second-order valence-electron chi connectivity index (χ2n) is 5.23. The fourth-order valence-electron chi connectivity index (χ4n) is 2.38. The standard InChI is InChI=1S/C14H20ClN3O/c1-10(2)18-7-4-11(5-8-18)17-14(19)12-3-6-16-9-13(12)15/h3,6,9-11H,4-5,7-8H2,1-2H3,(H,17,19). The number of piperidine rings is 1. The first-order valence-electron chi connectivity index (χ1n) is 6.72. The van der Waals surface area contributed by atoms with Crippen molar-refractivity contribution in [3.63, 3.8) is 0 Å². The number of aromatic nitrogens is 1. The monoisotopic (exact) mass is 281 g/mol. The fourth-order valence-corrected chi connectivity index (χ4v) is 2.59. The Labute approximate surface area is 119 Å². The Morgan fingerprint density at radius 2 is 2.16 bits per heavy atom. The van der Waals surface area contributed by atoms with Crippen molar-refractivity contribution in [1.82, 2.24) is 15.2 Å². The predicted molar refractivity (Wildman–Crippen MR) is 76.4 cm³/mol. The van der Waals surface area contributed by atoms with Crippen LogP contribution < -0.4 is 5.32 Å². The Kier molecular flexibility index (Phi) is 4.77. The Morgan fingerprint density at radius 1 is 1.47 bits per heavy atom. The van der Waals surface area contributed by atoms with Crippen molar-refractivity contribution in [1.29, 1.82) is 0 Å². The summed E-state index contributed by atoms with van der Waals surface area (Å²) in [6.07, 6.45) is 5.07. The Balaban J connectivity index is 1.89. The average Bonchev–Trinajstić information content (AvgIpc) is 2.39. The van der Waals surface area contributed by atoms with Gasteiger partial charge in [0.15, 0.2) is 0 Å². The lowest BCUT2D eigenvalue weighted by molar-refractivity contribution is 0.0900. The van der Waals surface area contributed by atoms with Crippen molar-refractivity contribution < 1.29 is 4.79 Å². The maximum absolute atomic E-state index is 12.1. The maximum Gasteiger partial charge on any atom is 0.253 e. The van der Waals surface area contributed by atoms with Gasteiger partial charge in [-0.05, 0) is 32.8 Å². The molecule has 1 saturated heterocycles. The summed E-state index contributed by atoms with van der Waals surface area (Å²) in [5.41, 5.74) is 0.503. The average molecular weight is 282 g/mol. The van der Waals surface area contributed by atoms with Gasteiger partial charge in [0.1, 0.15) is 0 Å². The number of hydrogen-bond acceptors (Lipinski definition) is 3. The fraction of sp³-hybridized carbons (Fsp3) is 0.571. The minimum absolute atomic E-state index is 0.101. The molecule has 1 aliphatic rings. The van der Waals surface area contributed by atoms with Gasteiger partial charge in [0.2, 0.25) is 0 Å². The van der Waals surface area contributed by atoms with Gasteiger partial charge in [0.25, 0.3) is 5.91 Å². The highest BCUT2D eigenvalue weighted by molar-refractivity contribution is 6.33. The number of nitrogens with one attached hydrogen (secondary N) is 1. The van der Waals surface area contributed by atoms with E-state index >= 15 is 0 Å². The van der Waals surface area contributed by atoms with Crippen molar-refractivity contribution in [2.75, 3.05) is 13.1 Å². The van der Waals surface area contributed by atoms with E-state index < -0.39 is 0 Å². The van der Waals surface area contributed by atoms with E-state index in [-0.39, 0.29) is 11.9 Å². The third-order valence-corrected chi connectivity index (χ3v) is 3.91. The third-order valence-electron chi connectivity index (χ3n) is 3.61. The molecule has 19 heavy (non-hydrogen) atoms. The van der Waals surface area contributed by atoms with Crippen LogP contribution >= 0.6 is 11.6 Å². The van der Waals surface area contributed by atoms with E-state index in [1.54, 1.807) is 12.3 Å². The molecule has 1 aromatic rings. The molecule has 1 aliphatic heterocycles. The molecule has 0 atom stereocenters. The van der Waals surface area contributed by atoms with Gasteiger partial charge in [-0.25, -0.2) is 0 Å². The van der Waals surface area contributed by atoms with Gasteiger partial charge in [0, 0.05) is 37.6 Å². The van der Waals surface area contributed by atoms with E-state index in [4.69, 9.17) is 11.6 Å². The highest BCUT2D eigenvalue weighted by Crippen LogP contribution is 2.16.